The van der Waals surface area contributed by atoms with E-state index in [0.717, 1.165) is 24.3 Å². The molecule has 0 radical (unpaired) electrons. The SMILES string of the molecule is CCn1c(=O)oc2cc(S(=O)(=O)Nc3c(F)cccc3F)c(Cl)cc21. The molecule has 3 rings (SSSR count). The molecule has 3 aromatic rings. The third-order valence-electron chi connectivity index (χ3n) is 3.53. The van der Waals surface area contributed by atoms with E-state index in [1.54, 1.807) is 6.92 Å². The van der Waals surface area contributed by atoms with Crippen LogP contribution in [0, 0.1) is 11.6 Å². The van der Waals surface area contributed by atoms with Gasteiger partial charge in [0.05, 0.1) is 10.5 Å². The molecule has 0 aliphatic carbocycles. The summed E-state index contributed by atoms with van der Waals surface area (Å²) in [7, 11) is -4.42. The molecular formula is C15H11ClF2N2O4S. The van der Waals surface area contributed by atoms with Crippen LogP contribution >= 0.6 is 11.6 Å². The number of hydrogen-bond acceptors (Lipinski definition) is 4. The molecule has 0 aliphatic rings. The zero-order chi connectivity index (χ0) is 18.4. The molecule has 6 nitrogen and oxygen atoms in total. The highest BCUT2D eigenvalue weighted by molar-refractivity contribution is 7.92. The van der Waals surface area contributed by atoms with Crippen LogP contribution in [0.4, 0.5) is 14.5 Å². The number of hydrogen-bond donors (Lipinski definition) is 1. The lowest BCUT2D eigenvalue weighted by atomic mass is 10.3. The van der Waals surface area contributed by atoms with E-state index in [1.807, 2.05) is 4.72 Å². The summed E-state index contributed by atoms with van der Waals surface area (Å²) in [6.45, 7) is 2.00. The number of halogens is 3. The van der Waals surface area contributed by atoms with Gasteiger partial charge in [-0.15, -0.1) is 0 Å². The second-order valence-corrected chi connectivity index (χ2v) is 7.12. The maximum absolute atomic E-state index is 13.7. The van der Waals surface area contributed by atoms with Gasteiger partial charge in [-0.05, 0) is 25.1 Å². The molecule has 0 amide bonds. The van der Waals surface area contributed by atoms with E-state index in [1.165, 1.54) is 10.6 Å². The van der Waals surface area contributed by atoms with Crippen LogP contribution in [0.25, 0.3) is 11.1 Å². The zero-order valence-corrected chi connectivity index (χ0v) is 14.3. The lowest BCUT2D eigenvalue weighted by Gasteiger charge is -2.11. The van der Waals surface area contributed by atoms with Gasteiger partial charge in [0.1, 0.15) is 22.2 Å². The van der Waals surface area contributed by atoms with Gasteiger partial charge in [-0.25, -0.2) is 22.0 Å². The number of nitrogens with one attached hydrogen (secondary N) is 1. The molecule has 2 aromatic carbocycles. The van der Waals surface area contributed by atoms with E-state index in [-0.39, 0.29) is 10.6 Å². The number of sulfonamides is 1. The van der Waals surface area contributed by atoms with Gasteiger partial charge in [-0.2, -0.15) is 0 Å². The third-order valence-corrected chi connectivity index (χ3v) is 5.34. The minimum Gasteiger partial charge on any atom is -0.408 e. The molecule has 0 saturated heterocycles. The molecule has 0 atom stereocenters. The number of benzene rings is 2. The summed E-state index contributed by atoms with van der Waals surface area (Å²) < 4.78 is 60.4. The quantitative estimate of drug-likeness (QED) is 0.743. The Labute approximate surface area is 145 Å². The van der Waals surface area contributed by atoms with E-state index in [4.69, 9.17) is 16.0 Å². The normalized spacial score (nSPS) is 11.8. The first-order chi connectivity index (χ1) is 11.7. The van der Waals surface area contributed by atoms with E-state index in [0.29, 0.717) is 12.1 Å². The molecule has 25 heavy (non-hydrogen) atoms. The van der Waals surface area contributed by atoms with Crippen molar-refractivity contribution in [2.45, 2.75) is 18.4 Å². The zero-order valence-electron chi connectivity index (χ0n) is 12.7. The lowest BCUT2D eigenvalue weighted by molar-refractivity contribution is 0.512. The van der Waals surface area contributed by atoms with Crippen LogP contribution in [0.2, 0.25) is 5.02 Å². The Morgan fingerprint density at radius 2 is 1.88 bits per heavy atom. The fourth-order valence-electron chi connectivity index (χ4n) is 2.35. The molecule has 0 unspecified atom stereocenters. The van der Waals surface area contributed by atoms with Crippen LogP contribution in [-0.4, -0.2) is 13.0 Å². The second-order valence-electron chi connectivity index (χ2n) is 5.06. The summed E-state index contributed by atoms with van der Waals surface area (Å²) >= 11 is 6.01. The Balaban J connectivity index is 2.14. The van der Waals surface area contributed by atoms with Crippen molar-refractivity contribution < 1.29 is 21.6 Å². The number of fused-ring (bicyclic) bond motifs is 1. The van der Waals surface area contributed by atoms with Crippen LogP contribution in [0.5, 0.6) is 0 Å². The molecule has 0 aliphatic heterocycles. The molecular weight excluding hydrogens is 378 g/mol. The number of aromatic nitrogens is 1. The number of aryl methyl sites for hydroxylation is 1. The summed E-state index contributed by atoms with van der Waals surface area (Å²) in [5.74, 6) is -2.83. The van der Waals surface area contributed by atoms with Gasteiger partial charge in [0.25, 0.3) is 10.0 Å². The van der Waals surface area contributed by atoms with Gasteiger partial charge in [-0.1, -0.05) is 17.7 Å². The minimum absolute atomic E-state index is 0.00868. The molecule has 132 valence electrons. The number of anilines is 1. The fraction of sp³-hybridized carbons (Fsp3) is 0.133. The Morgan fingerprint density at radius 3 is 2.48 bits per heavy atom. The highest BCUT2D eigenvalue weighted by Crippen LogP contribution is 2.30. The number of oxazole rings is 1. The first-order valence-corrected chi connectivity index (χ1v) is 8.90. The van der Waals surface area contributed by atoms with Gasteiger partial charge < -0.3 is 4.42 Å². The van der Waals surface area contributed by atoms with Gasteiger partial charge in [0, 0.05) is 12.6 Å². The molecule has 0 spiro atoms. The maximum Gasteiger partial charge on any atom is 0.419 e. The fourth-order valence-corrected chi connectivity index (χ4v) is 3.97. The predicted molar refractivity (Wildman–Crippen MR) is 88.3 cm³/mol. The Kier molecular flexibility index (Phi) is 4.29. The van der Waals surface area contributed by atoms with E-state index in [9.17, 15) is 22.0 Å². The molecule has 0 saturated carbocycles. The van der Waals surface area contributed by atoms with Gasteiger partial charge in [0.15, 0.2) is 5.58 Å². The average Bonchev–Trinajstić information content (AvgIpc) is 2.84. The average molecular weight is 389 g/mol. The number of para-hydroxylation sites is 1. The van der Waals surface area contributed by atoms with Crippen molar-refractivity contribution in [1.29, 1.82) is 0 Å². The van der Waals surface area contributed by atoms with E-state index >= 15 is 0 Å². The summed E-state index contributed by atoms with van der Waals surface area (Å²) in [4.78, 5) is 11.2. The highest BCUT2D eigenvalue weighted by Gasteiger charge is 2.24. The largest absolute Gasteiger partial charge is 0.419 e. The molecule has 0 bridgehead atoms. The first kappa shape index (κ1) is 17.4. The summed E-state index contributed by atoms with van der Waals surface area (Å²) in [5, 5.41) is -0.222. The standard InChI is InChI=1S/C15H11ClF2N2O4S/c1-2-20-11-6-8(16)13(7-12(11)24-15(20)21)25(22,23)19-14-9(17)4-3-5-10(14)18/h3-7,19H,2H2,1H3. The monoisotopic (exact) mass is 388 g/mol. The third kappa shape index (κ3) is 3.00. The van der Waals surface area contributed by atoms with Crippen molar-refractivity contribution in [3.05, 3.63) is 57.5 Å². The van der Waals surface area contributed by atoms with E-state index < -0.39 is 38.0 Å². The molecule has 10 heteroatoms. The van der Waals surface area contributed by atoms with E-state index in [2.05, 4.69) is 0 Å². The Hall–Kier alpha value is -2.39. The summed E-state index contributed by atoms with van der Waals surface area (Å²) in [5.41, 5.74) is -0.523. The van der Waals surface area contributed by atoms with Crippen LogP contribution in [0.1, 0.15) is 6.92 Å². The molecule has 0 fully saturated rings. The smallest absolute Gasteiger partial charge is 0.408 e. The topological polar surface area (TPSA) is 81.3 Å². The van der Waals surface area contributed by atoms with Crippen molar-refractivity contribution in [2.24, 2.45) is 0 Å². The van der Waals surface area contributed by atoms with Crippen LogP contribution in [0.3, 0.4) is 0 Å². The Morgan fingerprint density at radius 1 is 1.24 bits per heavy atom. The van der Waals surface area contributed by atoms with Crippen LogP contribution < -0.4 is 10.5 Å². The van der Waals surface area contributed by atoms with Crippen molar-refractivity contribution in [2.75, 3.05) is 4.72 Å². The Bertz CT molecular complexity index is 1120. The summed E-state index contributed by atoms with van der Waals surface area (Å²) in [6.07, 6.45) is 0. The predicted octanol–water partition coefficient (Wildman–Crippen LogP) is 3.35. The van der Waals surface area contributed by atoms with Crippen LogP contribution in [-0.2, 0) is 16.6 Å². The number of nitrogens with zero attached hydrogens (tertiary/aromatic N) is 1. The van der Waals surface area contributed by atoms with Crippen molar-refractivity contribution >= 4 is 38.4 Å². The molecule has 1 aromatic heterocycles. The van der Waals surface area contributed by atoms with Crippen LogP contribution in [0.15, 0.2) is 44.4 Å². The van der Waals surface area contributed by atoms with Gasteiger partial charge in [-0.3, -0.25) is 9.29 Å². The van der Waals surface area contributed by atoms with Gasteiger partial charge >= 0.3 is 5.76 Å². The van der Waals surface area contributed by atoms with Crippen molar-refractivity contribution in [3.8, 4) is 0 Å². The molecule has 1 heterocycles. The van der Waals surface area contributed by atoms with Crippen molar-refractivity contribution in [1.82, 2.24) is 4.57 Å². The number of rotatable bonds is 4. The van der Waals surface area contributed by atoms with Gasteiger partial charge in [0.2, 0.25) is 0 Å². The van der Waals surface area contributed by atoms with Crippen molar-refractivity contribution in [3.63, 3.8) is 0 Å². The summed E-state index contributed by atoms with van der Waals surface area (Å²) in [6, 6.07) is 5.20. The lowest BCUT2D eigenvalue weighted by Crippen LogP contribution is -2.16. The second kappa shape index (κ2) is 6.16. The first-order valence-electron chi connectivity index (χ1n) is 7.04. The highest BCUT2D eigenvalue weighted by atomic mass is 35.5. The molecule has 1 N–H and O–H groups in total. The maximum atomic E-state index is 13.7. The minimum atomic E-state index is -4.42.